The highest BCUT2D eigenvalue weighted by molar-refractivity contribution is 5.78. The molecule has 2 aliphatic carbocycles. The van der Waals surface area contributed by atoms with E-state index in [2.05, 4.69) is 18.5 Å². The number of carbonyl (C=O) groups is 1. The fourth-order valence-electron chi connectivity index (χ4n) is 5.91. The number of hydrogen-bond donors (Lipinski definition) is 1. The van der Waals surface area contributed by atoms with Gasteiger partial charge in [-0.3, -0.25) is 4.79 Å². The van der Waals surface area contributed by atoms with Gasteiger partial charge in [-0.2, -0.15) is 0 Å². The highest BCUT2D eigenvalue weighted by Crippen LogP contribution is 2.53. The van der Waals surface area contributed by atoms with Crippen LogP contribution < -0.4 is 10.6 Å². The molecular weight excluding hydrogens is 355 g/mol. The van der Waals surface area contributed by atoms with Crippen molar-refractivity contribution >= 4 is 18.1 Å². The smallest absolute Gasteiger partial charge is 0.223 e. The summed E-state index contributed by atoms with van der Waals surface area (Å²) in [6.45, 7) is 7.96. The lowest BCUT2D eigenvalue weighted by molar-refractivity contribution is -0.160. The first-order chi connectivity index (χ1) is 13.3. The largest absolute Gasteiger partial charge is 0.497 e. The number of hydrogen-bond acceptors (Lipinski definition) is 2. The molecule has 3 atom stereocenters. The monoisotopic (exact) mass is 386 g/mol. The normalized spacial score (nSPS) is 33.4. The number of ether oxygens (including phenoxy) is 1. The van der Waals surface area contributed by atoms with E-state index in [0.29, 0.717) is 37.4 Å². The van der Waals surface area contributed by atoms with E-state index < -0.39 is 5.67 Å². The van der Waals surface area contributed by atoms with Crippen molar-refractivity contribution in [2.24, 2.45) is 5.92 Å². The first kappa shape index (κ1) is 19.3. The summed E-state index contributed by atoms with van der Waals surface area (Å²) in [7, 11) is 1.60. The van der Waals surface area contributed by atoms with Crippen LogP contribution in [0.1, 0.15) is 63.9 Å². The number of rotatable bonds is 5. The third-order valence-electron chi connectivity index (χ3n) is 7.00. The average Bonchev–Trinajstić information content (AvgIpc) is 3.02. The Morgan fingerprint density at radius 2 is 2.11 bits per heavy atom. The first-order valence-corrected chi connectivity index (χ1v) is 10.4. The maximum Gasteiger partial charge on any atom is 0.223 e. The highest BCUT2D eigenvalue weighted by Gasteiger charge is 2.56. The predicted molar refractivity (Wildman–Crippen MR) is 109 cm³/mol. The second-order valence-corrected chi connectivity index (χ2v) is 8.99. The van der Waals surface area contributed by atoms with Crippen molar-refractivity contribution in [3.8, 4) is 0 Å². The van der Waals surface area contributed by atoms with E-state index in [-0.39, 0.29) is 23.9 Å². The van der Waals surface area contributed by atoms with E-state index in [0.717, 1.165) is 29.0 Å². The van der Waals surface area contributed by atoms with Crippen molar-refractivity contribution in [1.29, 1.82) is 0 Å². The van der Waals surface area contributed by atoms with Crippen molar-refractivity contribution in [1.82, 2.24) is 9.88 Å². The molecule has 5 rings (SSSR count). The van der Waals surface area contributed by atoms with Crippen molar-refractivity contribution in [2.45, 2.75) is 76.0 Å². The molecule has 0 spiro atoms. The van der Waals surface area contributed by atoms with Gasteiger partial charge in [0.25, 0.3) is 0 Å². The molecule has 1 amide bonds. The maximum atomic E-state index is 14.9. The second kappa shape index (κ2) is 7.09. The molecule has 4 aliphatic rings. The van der Waals surface area contributed by atoms with E-state index in [1.165, 1.54) is 0 Å². The van der Waals surface area contributed by atoms with Gasteiger partial charge in [-0.25, -0.2) is 4.39 Å². The van der Waals surface area contributed by atoms with Gasteiger partial charge in [0, 0.05) is 48.1 Å². The Balaban J connectivity index is 1.54. The van der Waals surface area contributed by atoms with Crippen LogP contribution >= 0.6 is 0 Å². The molecule has 152 valence electrons. The van der Waals surface area contributed by atoms with Gasteiger partial charge in [-0.1, -0.05) is 19.6 Å². The van der Waals surface area contributed by atoms with Crippen LogP contribution in [0, 0.1) is 5.92 Å². The van der Waals surface area contributed by atoms with E-state index >= 15 is 0 Å². The summed E-state index contributed by atoms with van der Waals surface area (Å²) >= 11 is 0. The molecule has 1 aromatic heterocycles. The number of allylic oxidation sites excluding steroid dienone is 1. The molecule has 3 unspecified atom stereocenters. The minimum Gasteiger partial charge on any atom is -0.497 e. The van der Waals surface area contributed by atoms with E-state index in [9.17, 15) is 9.18 Å². The quantitative estimate of drug-likeness (QED) is 0.791. The lowest BCUT2D eigenvalue weighted by Crippen LogP contribution is -2.64. The predicted octanol–water partition coefficient (Wildman–Crippen LogP) is 3.13. The molecular formula is C23H31FN2O2. The number of nitrogens with one attached hydrogen (secondary N) is 1. The third-order valence-corrected chi connectivity index (χ3v) is 7.00. The Bertz CT molecular complexity index is 886. The molecule has 2 aliphatic heterocycles. The van der Waals surface area contributed by atoms with Gasteiger partial charge in [-0.15, -0.1) is 0 Å². The Morgan fingerprint density at radius 3 is 2.68 bits per heavy atom. The van der Waals surface area contributed by atoms with Crippen LogP contribution in [0.2, 0.25) is 0 Å². The van der Waals surface area contributed by atoms with Gasteiger partial charge in [0.15, 0.2) is 0 Å². The molecule has 28 heavy (non-hydrogen) atoms. The highest BCUT2D eigenvalue weighted by atomic mass is 19.1. The van der Waals surface area contributed by atoms with Crippen molar-refractivity contribution in [2.75, 3.05) is 7.11 Å². The molecule has 1 aromatic rings. The minimum absolute atomic E-state index is 0.0601. The van der Waals surface area contributed by atoms with Gasteiger partial charge in [0.2, 0.25) is 5.91 Å². The molecule has 0 radical (unpaired) electrons. The minimum atomic E-state index is -1.02. The fourth-order valence-corrected chi connectivity index (χ4v) is 5.91. The number of halogens is 1. The van der Waals surface area contributed by atoms with Crippen LogP contribution in [-0.4, -0.2) is 40.7 Å². The second-order valence-electron chi connectivity index (χ2n) is 8.99. The summed E-state index contributed by atoms with van der Waals surface area (Å²) in [6.07, 6.45) is 10.1. The molecule has 2 saturated carbocycles. The zero-order valence-corrected chi connectivity index (χ0v) is 17.1. The molecule has 2 saturated heterocycles. The van der Waals surface area contributed by atoms with Gasteiger partial charge < -0.3 is 14.6 Å². The Labute approximate surface area is 166 Å². The topological polar surface area (TPSA) is 45.3 Å². The summed E-state index contributed by atoms with van der Waals surface area (Å²) in [6, 6.07) is 0.196. The SMILES string of the molecule is C=C(/C=c1/c(C(C)CC(=O)N2C3CC4CC2CC(F)(C4)C3)c[nH]/c1=C/C)OC. The number of piperidine rings is 2. The van der Waals surface area contributed by atoms with Gasteiger partial charge >= 0.3 is 0 Å². The summed E-state index contributed by atoms with van der Waals surface area (Å²) in [4.78, 5) is 18.5. The number of nitrogens with zero attached hydrogens (tertiary/aromatic N) is 1. The first-order valence-electron chi connectivity index (χ1n) is 10.4. The Morgan fingerprint density at radius 1 is 1.43 bits per heavy atom. The van der Waals surface area contributed by atoms with Gasteiger partial charge in [0.1, 0.15) is 11.4 Å². The Hall–Kier alpha value is -2.04. The van der Waals surface area contributed by atoms with Crippen LogP contribution in [0.5, 0.6) is 0 Å². The molecule has 4 nitrogen and oxygen atoms in total. The number of carbonyl (C=O) groups excluding carboxylic acids is 1. The van der Waals surface area contributed by atoms with Crippen molar-refractivity contribution < 1.29 is 13.9 Å². The molecule has 3 heterocycles. The summed E-state index contributed by atoms with van der Waals surface area (Å²) in [5.41, 5.74) is 0.0697. The van der Waals surface area contributed by atoms with Crippen LogP contribution in [0.25, 0.3) is 12.2 Å². The van der Waals surface area contributed by atoms with Crippen LogP contribution in [0.3, 0.4) is 0 Å². The summed E-state index contributed by atoms with van der Waals surface area (Å²) in [5, 5.41) is 2.03. The molecule has 0 aromatic carbocycles. The Kier molecular flexibility index (Phi) is 4.88. The van der Waals surface area contributed by atoms with E-state index in [1.807, 2.05) is 30.2 Å². The van der Waals surface area contributed by atoms with Crippen molar-refractivity contribution in [3.63, 3.8) is 0 Å². The van der Waals surface area contributed by atoms with Crippen LogP contribution in [0.4, 0.5) is 4.39 Å². The van der Waals surface area contributed by atoms with E-state index in [4.69, 9.17) is 4.74 Å². The molecule has 5 heteroatoms. The number of aromatic nitrogens is 1. The number of alkyl halides is 1. The summed E-state index contributed by atoms with van der Waals surface area (Å²) < 4.78 is 20.1. The van der Waals surface area contributed by atoms with Gasteiger partial charge in [0.05, 0.1) is 7.11 Å². The number of aromatic amines is 1. The van der Waals surface area contributed by atoms with Crippen LogP contribution in [0.15, 0.2) is 18.5 Å². The lowest BCUT2D eigenvalue weighted by Gasteiger charge is -2.58. The van der Waals surface area contributed by atoms with E-state index in [1.54, 1.807) is 7.11 Å². The summed E-state index contributed by atoms with van der Waals surface area (Å²) in [5.74, 6) is 1.28. The number of H-pyrrole nitrogens is 1. The molecule has 1 N–H and O–H groups in total. The third kappa shape index (κ3) is 3.29. The number of amides is 1. The zero-order valence-electron chi connectivity index (χ0n) is 17.1. The average molecular weight is 387 g/mol. The number of methoxy groups -OCH3 is 1. The standard InChI is InChI=1S/C23H31FN2O2/c1-5-21-19(7-15(3)28-4)20(13-25-21)14(2)6-22(27)26-17-8-16-9-18(26)12-23(24,10-16)11-17/h5,7,13-14,16-18,25H,3,6,8-12H2,1-2,4H3/b19-7-,21-5+. The van der Waals surface area contributed by atoms with Gasteiger partial charge in [-0.05, 0) is 49.7 Å². The fraction of sp³-hybridized carbons (Fsp3) is 0.609. The molecule has 4 bridgehead atoms. The van der Waals surface area contributed by atoms with Crippen LogP contribution in [-0.2, 0) is 9.53 Å². The van der Waals surface area contributed by atoms with Crippen molar-refractivity contribution in [3.05, 3.63) is 34.7 Å². The lowest BCUT2D eigenvalue weighted by atomic mass is 9.62. The maximum absolute atomic E-state index is 14.9. The molecule has 4 fully saturated rings. The zero-order chi connectivity index (χ0) is 20.1.